The van der Waals surface area contributed by atoms with E-state index in [2.05, 4.69) is 0 Å². The zero-order valence-corrected chi connectivity index (χ0v) is 15.4. The average molecular weight is 373 g/mol. The molecule has 1 aromatic carbocycles. The normalized spacial score (nSPS) is 18.9. The van der Waals surface area contributed by atoms with Gasteiger partial charge in [0.15, 0.2) is 0 Å². The van der Waals surface area contributed by atoms with Crippen LogP contribution in [-0.4, -0.2) is 52.3 Å². The van der Waals surface area contributed by atoms with Gasteiger partial charge < -0.3 is 19.8 Å². The Balaban J connectivity index is 1.85. The Bertz CT molecular complexity index is 656. The van der Waals surface area contributed by atoms with Crippen molar-refractivity contribution in [3.8, 4) is 0 Å². The largest absolute Gasteiger partial charge is 0.501 e. The number of ether oxygens (including phenoxy) is 1. The molecule has 6 nitrogen and oxygen atoms in total. The highest BCUT2D eigenvalue weighted by atomic mass is 16.5. The molecule has 1 heterocycles. The van der Waals surface area contributed by atoms with Gasteiger partial charge in [0.1, 0.15) is 0 Å². The van der Waals surface area contributed by atoms with Crippen LogP contribution in [0.15, 0.2) is 54.8 Å². The van der Waals surface area contributed by atoms with E-state index >= 15 is 0 Å². The number of carboxylic acids is 1. The quantitative estimate of drug-likeness (QED) is 0.374. The van der Waals surface area contributed by atoms with Gasteiger partial charge >= 0.3 is 5.97 Å². The predicted molar refractivity (Wildman–Crippen MR) is 102 cm³/mol. The molecule has 1 fully saturated rings. The maximum Gasteiger partial charge on any atom is 0.306 e. The van der Waals surface area contributed by atoms with Gasteiger partial charge in [-0.25, -0.2) is 0 Å². The number of aliphatic hydroxyl groups excluding tert-OH is 1. The maximum atomic E-state index is 12.2. The Morgan fingerprint density at radius 2 is 2.11 bits per heavy atom. The van der Waals surface area contributed by atoms with Crippen molar-refractivity contribution < 1.29 is 24.5 Å². The molecule has 0 radical (unpaired) electrons. The van der Waals surface area contributed by atoms with Gasteiger partial charge in [-0.1, -0.05) is 42.5 Å². The van der Waals surface area contributed by atoms with Crippen LogP contribution >= 0.6 is 0 Å². The number of hydrogen-bond donors (Lipinski definition) is 2. The second kappa shape index (κ2) is 11.2. The van der Waals surface area contributed by atoms with Gasteiger partial charge in [0.25, 0.3) is 0 Å². The van der Waals surface area contributed by atoms with Crippen molar-refractivity contribution in [2.75, 3.05) is 13.2 Å². The molecule has 0 bridgehead atoms. The second-order valence-corrected chi connectivity index (χ2v) is 6.53. The summed E-state index contributed by atoms with van der Waals surface area (Å²) < 4.78 is 5.11. The first-order valence-electron chi connectivity index (χ1n) is 9.24. The smallest absolute Gasteiger partial charge is 0.306 e. The van der Waals surface area contributed by atoms with E-state index in [1.54, 1.807) is 17.1 Å². The minimum Gasteiger partial charge on any atom is -0.501 e. The van der Waals surface area contributed by atoms with Crippen LogP contribution in [-0.2, 0) is 20.7 Å². The van der Waals surface area contributed by atoms with Gasteiger partial charge in [0, 0.05) is 19.4 Å². The van der Waals surface area contributed by atoms with E-state index < -0.39 is 12.1 Å². The summed E-state index contributed by atoms with van der Waals surface area (Å²) in [5, 5.41) is 18.8. The Morgan fingerprint density at radius 1 is 1.33 bits per heavy atom. The molecular weight excluding hydrogens is 346 g/mol. The summed E-state index contributed by atoms with van der Waals surface area (Å²) in [5.74, 6) is -0.836. The van der Waals surface area contributed by atoms with E-state index in [1.165, 1.54) is 6.26 Å². The first-order valence-corrected chi connectivity index (χ1v) is 9.24. The first-order chi connectivity index (χ1) is 13.1. The van der Waals surface area contributed by atoms with Crippen LogP contribution < -0.4 is 0 Å². The highest BCUT2D eigenvalue weighted by Crippen LogP contribution is 2.19. The molecule has 146 valence electrons. The molecular formula is C21H27NO5. The van der Waals surface area contributed by atoms with Gasteiger partial charge in [-0.05, 0) is 24.5 Å². The van der Waals surface area contributed by atoms with Crippen molar-refractivity contribution in [3.05, 3.63) is 60.4 Å². The van der Waals surface area contributed by atoms with Crippen LogP contribution in [0.2, 0.25) is 0 Å². The van der Waals surface area contributed by atoms with Crippen molar-refractivity contribution >= 4 is 11.9 Å². The molecule has 0 saturated carbocycles. The molecule has 2 rings (SSSR count). The lowest BCUT2D eigenvalue weighted by Crippen LogP contribution is -2.42. The number of carbonyl (C=O) groups is 2. The maximum absolute atomic E-state index is 12.2. The Labute approximate surface area is 159 Å². The zero-order valence-electron chi connectivity index (χ0n) is 15.4. The molecule has 6 heteroatoms. The minimum atomic E-state index is -0.908. The molecule has 2 N–H and O–H groups in total. The van der Waals surface area contributed by atoms with E-state index in [-0.39, 0.29) is 25.0 Å². The minimum absolute atomic E-state index is 0.0552. The third-order valence-electron chi connectivity index (χ3n) is 4.38. The molecule has 0 aromatic heterocycles. The van der Waals surface area contributed by atoms with Gasteiger partial charge in [0.05, 0.1) is 31.4 Å². The number of likely N-dealkylation sites (tertiary alicyclic amines) is 1. The second-order valence-electron chi connectivity index (χ2n) is 6.53. The van der Waals surface area contributed by atoms with Crippen LogP contribution in [0.25, 0.3) is 0 Å². The molecule has 1 aromatic rings. The van der Waals surface area contributed by atoms with Crippen molar-refractivity contribution in [3.63, 3.8) is 0 Å². The summed E-state index contributed by atoms with van der Waals surface area (Å²) in [5.41, 5.74) is 1.06. The number of hydrogen-bond acceptors (Lipinski definition) is 4. The molecule has 27 heavy (non-hydrogen) atoms. The SMILES string of the molecule is O=C(O)CCOC=CCN1C(=O)CCC[C@@H]1C=CC(O)Cc1ccccc1. The molecule has 0 aliphatic carbocycles. The summed E-state index contributed by atoms with van der Waals surface area (Å²) in [6.07, 6.45) is 8.91. The zero-order chi connectivity index (χ0) is 19.5. The fourth-order valence-electron chi connectivity index (χ4n) is 3.00. The van der Waals surface area contributed by atoms with E-state index in [1.807, 2.05) is 36.4 Å². The number of rotatable bonds is 10. The van der Waals surface area contributed by atoms with Crippen LogP contribution in [0.4, 0.5) is 0 Å². The number of aliphatic carboxylic acids is 1. The monoisotopic (exact) mass is 373 g/mol. The number of aliphatic hydroxyl groups is 1. The van der Waals surface area contributed by atoms with E-state index in [0.29, 0.717) is 19.4 Å². The molecule has 1 saturated heterocycles. The van der Waals surface area contributed by atoms with Crippen molar-refractivity contribution in [1.82, 2.24) is 4.90 Å². The van der Waals surface area contributed by atoms with Gasteiger partial charge in [-0.15, -0.1) is 0 Å². The highest BCUT2D eigenvalue weighted by molar-refractivity contribution is 5.77. The third kappa shape index (κ3) is 7.66. The molecule has 1 unspecified atom stereocenters. The van der Waals surface area contributed by atoms with Gasteiger partial charge in [-0.2, -0.15) is 0 Å². The fourth-order valence-corrected chi connectivity index (χ4v) is 3.00. The predicted octanol–water partition coefficient (Wildman–Crippen LogP) is 2.53. The summed E-state index contributed by atoms with van der Waals surface area (Å²) in [7, 11) is 0. The average Bonchev–Trinajstić information content (AvgIpc) is 2.65. The lowest BCUT2D eigenvalue weighted by molar-refractivity contribution is -0.137. The number of carbonyl (C=O) groups excluding carboxylic acids is 1. The van der Waals surface area contributed by atoms with Crippen molar-refractivity contribution in [2.45, 2.75) is 44.2 Å². The molecule has 1 aliphatic rings. The van der Waals surface area contributed by atoms with Crippen molar-refractivity contribution in [1.29, 1.82) is 0 Å². The van der Waals surface area contributed by atoms with Crippen LogP contribution in [0.1, 0.15) is 31.2 Å². The van der Waals surface area contributed by atoms with Crippen LogP contribution in [0.3, 0.4) is 0 Å². The molecule has 1 aliphatic heterocycles. The topological polar surface area (TPSA) is 87.1 Å². The molecule has 0 spiro atoms. The van der Waals surface area contributed by atoms with E-state index in [4.69, 9.17) is 9.84 Å². The van der Waals surface area contributed by atoms with Crippen molar-refractivity contribution in [2.24, 2.45) is 0 Å². The number of amides is 1. The first kappa shape index (κ1) is 20.7. The highest BCUT2D eigenvalue weighted by Gasteiger charge is 2.25. The number of nitrogens with zero attached hydrogens (tertiary/aromatic N) is 1. The number of carboxylic acid groups (broad SMARTS) is 1. The van der Waals surface area contributed by atoms with Crippen LogP contribution in [0, 0.1) is 0 Å². The number of piperidine rings is 1. The number of benzene rings is 1. The summed E-state index contributed by atoms with van der Waals surface area (Å²) in [4.78, 5) is 24.4. The van der Waals surface area contributed by atoms with Gasteiger partial charge in [-0.3, -0.25) is 9.59 Å². The summed E-state index contributed by atoms with van der Waals surface area (Å²) >= 11 is 0. The van der Waals surface area contributed by atoms with E-state index in [0.717, 1.165) is 18.4 Å². The standard InChI is InChI=1S/C21H27NO5/c23-19(16-17-6-2-1-3-7-17)11-10-18-8-4-9-20(24)22(18)13-5-14-27-15-12-21(25)26/h1-3,5-7,10-11,14,18-19,23H,4,8-9,12-13,15-16H2,(H,25,26)/t18-,19?/m1/s1. The molecule has 2 atom stereocenters. The van der Waals surface area contributed by atoms with E-state index in [9.17, 15) is 14.7 Å². The summed E-state index contributed by atoms with van der Waals surface area (Å²) in [6.45, 7) is 0.504. The Kier molecular flexibility index (Phi) is 8.58. The molecule has 1 amide bonds. The van der Waals surface area contributed by atoms with Crippen LogP contribution in [0.5, 0.6) is 0 Å². The lowest BCUT2D eigenvalue weighted by Gasteiger charge is -2.33. The Hall–Kier alpha value is -2.60. The lowest BCUT2D eigenvalue weighted by atomic mass is 9.99. The third-order valence-corrected chi connectivity index (χ3v) is 4.38. The summed E-state index contributed by atoms with van der Waals surface area (Å²) in [6, 6.07) is 9.72. The fraction of sp³-hybridized carbons (Fsp3) is 0.429. The van der Waals surface area contributed by atoms with Gasteiger partial charge in [0.2, 0.25) is 5.91 Å². The Morgan fingerprint density at radius 3 is 2.85 bits per heavy atom.